The molecule has 0 unspecified atom stereocenters. The molecule has 2 N–H and O–H groups in total. The summed E-state index contributed by atoms with van der Waals surface area (Å²) >= 11 is 5.36. The molecule has 2 aromatic rings. The molecule has 0 aromatic heterocycles. The number of ether oxygens (including phenoxy) is 5. The van der Waals surface area contributed by atoms with Crippen molar-refractivity contribution in [3.05, 3.63) is 30.3 Å². The first kappa shape index (κ1) is 17.0. The number of nitrogens with one attached hydrogen (secondary N) is 2. The zero-order valence-electron chi connectivity index (χ0n) is 14.0. The summed E-state index contributed by atoms with van der Waals surface area (Å²) in [6.45, 7) is 0.229. The van der Waals surface area contributed by atoms with E-state index in [4.69, 9.17) is 35.9 Å². The number of rotatable bonds is 5. The van der Waals surface area contributed by atoms with E-state index in [0.29, 0.717) is 39.5 Å². The van der Waals surface area contributed by atoms with Crippen molar-refractivity contribution >= 4 is 28.7 Å². The lowest BCUT2D eigenvalue weighted by atomic mass is 10.2. The highest BCUT2D eigenvalue weighted by Crippen LogP contribution is 2.40. The summed E-state index contributed by atoms with van der Waals surface area (Å²) in [5.74, 6) is 2.99. The zero-order valence-corrected chi connectivity index (χ0v) is 14.9. The molecule has 8 heteroatoms. The molecular formula is C17H18N2O5S. The van der Waals surface area contributed by atoms with E-state index in [1.165, 1.54) is 0 Å². The second-order valence-electron chi connectivity index (χ2n) is 5.06. The molecule has 0 amide bonds. The summed E-state index contributed by atoms with van der Waals surface area (Å²) in [5.41, 5.74) is 1.49. The fourth-order valence-electron chi connectivity index (χ4n) is 2.42. The lowest BCUT2D eigenvalue weighted by molar-refractivity contribution is 0.174. The lowest BCUT2D eigenvalue weighted by Crippen LogP contribution is -2.19. The van der Waals surface area contributed by atoms with Crippen LogP contribution in [0.4, 0.5) is 11.4 Å². The average molecular weight is 362 g/mol. The van der Waals surface area contributed by atoms with Crippen LogP contribution in [0.15, 0.2) is 30.3 Å². The number of methoxy groups -OCH3 is 3. The van der Waals surface area contributed by atoms with Gasteiger partial charge in [-0.3, -0.25) is 0 Å². The van der Waals surface area contributed by atoms with Gasteiger partial charge in [0.2, 0.25) is 12.5 Å². The van der Waals surface area contributed by atoms with Crippen molar-refractivity contribution < 1.29 is 23.7 Å². The first-order valence-corrected chi connectivity index (χ1v) is 7.83. The molecule has 0 saturated carbocycles. The number of hydrogen-bond acceptors (Lipinski definition) is 6. The Bertz CT molecular complexity index is 772. The van der Waals surface area contributed by atoms with E-state index >= 15 is 0 Å². The van der Waals surface area contributed by atoms with Crippen molar-refractivity contribution in [3.63, 3.8) is 0 Å². The molecule has 25 heavy (non-hydrogen) atoms. The summed E-state index contributed by atoms with van der Waals surface area (Å²) in [6, 6.07) is 9.05. The molecule has 3 rings (SSSR count). The average Bonchev–Trinajstić information content (AvgIpc) is 3.08. The summed E-state index contributed by atoms with van der Waals surface area (Å²) < 4.78 is 26.6. The standard InChI is InChI=1S/C17H18N2O5S/c1-20-14-7-11(8-15(21-2)16(14)22-3)19-17(25)18-10-4-5-12-13(6-10)24-9-23-12/h4-8H,9H2,1-3H3,(H2,18,19,25). The van der Waals surface area contributed by atoms with Crippen LogP contribution in [0.1, 0.15) is 0 Å². The van der Waals surface area contributed by atoms with Crippen molar-refractivity contribution in [2.24, 2.45) is 0 Å². The Hall–Kier alpha value is -2.87. The van der Waals surface area contributed by atoms with Crippen LogP contribution in [0.5, 0.6) is 28.7 Å². The van der Waals surface area contributed by atoms with Crippen LogP contribution >= 0.6 is 12.2 Å². The minimum Gasteiger partial charge on any atom is -0.493 e. The SMILES string of the molecule is COc1cc(NC(=S)Nc2ccc3c(c2)OCO3)cc(OC)c1OC. The third-order valence-electron chi connectivity index (χ3n) is 3.55. The Balaban J connectivity index is 1.74. The Kier molecular flexibility index (Phi) is 4.99. The molecule has 0 bridgehead atoms. The topological polar surface area (TPSA) is 70.2 Å². The molecular weight excluding hydrogens is 344 g/mol. The molecule has 0 aliphatic carbocycles. The van der Waals surface area contributed by atoms with Gasteiger partial charge in [0.05, 0.1) is 21.3 Å². The van der Waals surface area contributed by atoms with Gasteiger partial charge in [0.1, 0.15) is 0 Å². The van der Waals surface area contributed by atoms with E-state index in [0.717, 1.165) is 5.69 Å². The first-order valence-electron chi connectivity index (χ1n) is 7.42. The van der Waals surface area contributed by atoms with E-state index in [1.807, 2.05) is 18.2 Å². The number of hydrogen-bond donors (Lipinski definition) is 2. The zero-order chi connectivity index (χ0) is 17.8. The summed E-state index contributed by atoms with van der Waals surface area (Å²) in [5, 5.41) is 6.60. The number of fused-ring (bicyclic) bond motifs is 1. The Labute approximate surface area is 150 Å². The largest absolute Gasteiger partial charge is 0.493 e. The number of anilines is 2. The van der Waals surface area contributed by atoms with Crippen LogP contribution < -0.4 is 34.3 Å². The second-order valence-corrected chi connectivity index (χ2v) is 5.47. The third-order valence-corrected chi connectivity index (χ3v) is 3.76. The van der Waals surface area contributed by atoms with Gasteiger partial charge in [-0.15, -0.1) is 0 Å². The van der Waals surface area contributed by atoms with Crippen LogP contribution in [0.3, 0.4) is 0 Å². The van der Waals surface area contributed by atoms with E-state index in [1.54, 1.807) is 33.5 Å². The van der Waals surface area contributed by atoms with E-state index < -0.39 is 0 Å². The molecule has 0 atom stereocenters. The van der Waals surface area contributed by atoms with Crippen molar-refractivity contribution in [3.8, 4) is 28.7 Å². The molecule has 1 heterocycles. The van der Waals surface area contributed by atoms with Gasteiger partial charge in [0.25, 0.3) is 0 Å². The minimum absolute atomic E-state index is 0.229. The van der Waals surface area contributed by atoms with Gasteiger partial charge in [-0.2, -0.15) is 0 Å². The van der Waals surface area contributed by atoms with Crippen LogP contribution in [-0.2, 0) is 0 Å². The Morgan fingerprint density at radius 3 is 2.16 bits per heavy atom. The molecule has 1 aliphatic heterocycles. The predicted molar refractivity (Wildman–Crippen MR) is 98.5 cm³/mol. The van der Waals surface area contributed by atoms with Crippen molar-refractivity contribution in [1.29, 1.82) is 0 Å². The molecule has 7 nitrogen and oxygen atoms in total. The fraction of sp³-hybridized carbons (Fsp3) is 0.235. The monoisotopic (exact) mass is 362 g/mol. The van der Waals surface area contributed by atoms with Gasteiger partial charge in [0, 0.05) is 29.6 Å². The van der Waals surface area contributed by atoms with Crippen molar-refractivity contribution in [2.45, 2.75) is 0 Å². The van der Waals surface area contributed by atoms with Crippen LogP contribution in [-0.4, -0.2) is 33.2 Å². The molecule has 2 aromatic carbocycles. The number of thiocarbonyl (C=S) groups is 1. The maximum atomic E-state index is 5.36. The lowest BCUT2D eigenvalue weighted by Gasteiger charge is -2.16. The van der Waals surface area contributed by atoms with Crippen LogP contribution in [0, 0.1) is 0 Å². The molecule has 0 spiro atoms. The summed E-state index contributed by atoms with van der Waals surface area (Å²) in [6.07, 6.45) is 0. The van der Waals surface area contributed by atoms with Gasteiger partial charge in [-0.05, 0) is 24.4 Å². The fourth-order valence-corrected chi connectivity index (χ4v) is 2.66. The maximum Gasteiger partial charge on any atom is 0.231 e. The summed E-state index contributed by atoms with van der Waals surface area (Å²) in [7, 11) is 4.67. The Morgan fingerprint density at radius 2 is 1.52 bits per heavy atom. The molecule has 132 valence electrons. The van der Waals surface area contributed by atoms with Crippen molar-refractivity contribution in [2.75, 3.05) is 38.8 Å². The van der Waals surface area contributed by atoms with Gasteiger partial charge in [-0.25, -0.2) is 0 Å². The van der Waals surface area contributed by atoms with E-state index in [2.05, 4.69) is 10.6 Å². The quantitative estimate of drug-likeness (QED) is 0.786. The Morgan fingerprint density at radius 1 is 0.880 bits per heavy atom. The molecule has 0 fully saturated rings. The van der Waals surface area contributed by atoms with Gasteiger partial charge >= 0.3 is 0 Å². The van der Waals surface area contributed by atoms with Gasteiger partial charge < -0.3 is 34.3 Å². The molecule has 0 saturated heterocycles. The first-order chi connectivity index (χ1) is 12.1. The smallest absolute Gasteiger partial charge is 0.231 e. The van der Waals surface area contributed by atoms with Gasteiger partial charge in [0.15, 0.2) is 28.1 Å². The highest BCUT2D eigenvalue weighted by molar-refractivity contribution is 7.80. The highest BCUT2D eigenvalue weighted by Gasteiger charge is 2.15. The normalized spacial score (nSPS) is 11.6. The van der Waals surface area contributed by atoms with Gasteiger partial charge in [-0.1, -0.05) is 0 Å². The van der Waals surface area contributed by atoms with Crippen molar-refractivity contribution in [1.82, 2.24) is 0 Å². The number of benzene rings is 2. The highest BCUT2D eigenvalue weighted by atomic mass is 32.1. The van der Waals surface area contributed by atoms with Crippen LogP contribution in [0.25, 0.3) is 0 Å². The van der Waals surface area contributed by atoms with E-state index in [9.17, 15) is 0 Å². The maximum absolute atomic E-state index is 5.36. The molecule has 0 radical (unpaired) electrons. The molecule has 1 aliphatic rings. The second kappa shape index (κ2) is 7.35. The third kappa shape index (κ3) is 3.63. The van der Waals surface area contributed by atoms with E-state index in [-0.39, 0.29) is 6.79 Å². The predicted octanol–water partition coefficient (Wildman–Crippen LogP) is 3.25. The van der Waals surface area contributed by atoms with Crippen LogP contribution in [0.2, 0.25) is 0 Å². The summed E-state index contributed by atoms with van der Waals surface area (Å²) in [4.78, 5) is 0. The minimum atomic E-state index is 0.229.